The highest BCUT2D eigenvalue weighted by molar-refractivity contribution is 5.83. The molecule has 11 nitrogen and oxygen atoms in total. The number of nitrogens with one attached hydrogen (secondary N) is 1. The molecule has 2 aromatic heterocycles. The van der Waals surface area contributed by atoms with Crippen LogP contribution in [0, 0.1) is 6.92 Å². The van der Waals surface area contributed by atoms with E-state index in [0.717, 1.165) is 15.3 Å². The largest absolute Gasteiger partial charge is 0.487 e. The molecule has 0 spiro atoms. The number of H-pyrrole nitrogens is 1. The minimum absolute atomic E-state index is 0.147. The average molecular weight is 465 g/mol. The predicted octanol–water partition coefficient (Wildman–Crippen LogP) is 0.661. The van der Waals surface area contributed by atoms with Crippen LogP contribution in [0.1, 0.15) is 23.5 Å². The molecule has 0 saturated carbocycles. The van der Waals surface area contributed by atoms with Crippen LogP contribution in [0.4, 0.5) is 0 Å². The van der Waals surface area contributed by atoms with Gasteiger partial charge in [0.2, 0.25) is 0 Å². The summed E-state index contributed by atoms with van der Waals surface area (Å²) >= 11 is 0. The molecule has 4 atom stereocenters. The molecule has 11 heteroatoms. The zero-order valence-electron chi connectivity index (χ0n) is 18.2. The molecule has 3 heterocycles. The molecular formula is C23H23N5O6. The van der Waals surface area contributed by atoms with Crippen molar-refractivity contribution < 1.29 is 19.7 Å². The van der Waals surface area contributed by atoms with Crippen molar-refractivity contribution in [2.75, 3.05) is 6.61 Å². The second-order valence-electron chi connectivity index (χ2n) is 8.20. The van der Waals surface area contributed by atoms with Crippen molar-refractivity contribution in [2.24, 2.45) is 0 Å². The van der Waals surface area contributed by atoms with Gasteiger partial charge in [0.1, 0.15) is 36.3 Å². The monoisotopic (exact) mass is 465 g/mol. The van der Waals surface area contributed by atoms with Crippen LogP contribution in [-0.2, 0) is 11.3 Å². The molecule has 0 unspecified atom stereocenters. The van der Waals surface area contributed by atoms with Crippen molar-refractivity contribution in [3.05, 3.63) is 87.0 Å². The number of aromatic amines is 1. The van der Waals surface area contributed by atoms with E-state index in [9.17, 15) is 19.8 Å². The van der Waals surface area contributed by atoms with Crippen molar-refractivity contribution in [1.82, 2.24) is 24.5 Å². The SMILES string of the molecule is Cc1cn([C@@H]2O[C@H](CO)[C@@H](n3cc(COc4ccc5ccccc5c4)nn3)[C@H]2O)c(=O)[nH]c1=O. The van der Waals surface area contributed by atoms with E-state index in [2.05, 4.69) is 15.3 Å². The van der Waals surface area contributed by atoms with Crippen LogP contribution in [0.3, 0.4) is 0 Å². The molecule has 1 aliphatic rings. The van der Waals surface area contributed by atoms with Crippen LogP contribution in [0.2, 0.25) is 0 Å². The molecule has 3 N–H and O–H groups in total. The number of ether oxygens (including phenoxy) is 2. The predicted molar refractivity (Wildman–Crippen MR) is 120 cm³/mol. The number of aryl methyl sites for hydroxylation is 1. The quantitative estimate of drug-likeness (QED) is 0.377. The molecule has 0 bridgehead atoms. The van der Waals surface area contributed by atoms with E-state index in [1.807, 2.05) is 42.5 Å². The smallest absolute Gasteiger partial charge is 0.330 e. The molecule has 0 amide bonds. The van der Waals surface area contributed by atoms with Crippen molar-refractivity contribution in [3.8, 4) is 5.75 Å². The van der Waals surface area contributed by atoms with E-state index in [0.29, 0.717) is 11.4 Å². The van der Waals surface area contributed by atoms with Gasteiger partial charge in [-0.25, -0.2) is 9.48 Å². The third kappa shape index (κ3) is 4.00. The number of aliphatic hydroxyl groups excluding tert-OH is 2. The maximum Gasteiger partial charge on any atom is 0.330 e. The lowest BCUT2D eigenvalue weighted by atomic mass is 10.1. The maximum absolute atomic E-state index is 12.3. The second kappa shape index (κ2) is 8.86. The Hall–Kier alpha value is -3.80. The molecule has 5 rings (SSSR count). The first-order valence-electron chi connectivity index (χ1n) is 10.7. The first kappa shape index (κ1) is 22.0. The summed E-state index contributed by atoms with van der Waals surface area (Å²) in [5.74, 6) is 0.679. The normalized spacial score (nSPS) is 22.3. The Morgan fingerprint density at radius 3 is 2.74 bits per heavy atom. The Kier molecular flexibility index (Phi) is 5.74. The Morgan fingerprint density at radius 2 is 1.94 bits per heavy atom. The highest BCUT2D eigenvalue weighted by Gasteiger charge is 2.46. The first-order chi connectivity index (χ1) is 16.4. The number of aliphatic hydroxyl groups is 2. The van der Waals surface area contributed by atoms with Gasteiger partial charge in [-0.1, -0.05) is 35.5 Å². The highest BCUT2D eigenvalue weighted by Crippen LogP contribution is 2.36. The van der Waals surface area contributed by atoms with E-state index in [-0.39, 0.29) is 12.2 Å². The van der Waals surface area contributed by atoms with Crippen molar-refractivity contribution >= 4 is 10.8 Å². The van der Waals surface area contributed by atoms with Gasteiger partial charge < -0.3 is 19.7 Å². The average Bonchev–Trinajstić information content (AvgIpc) is 3.43. The zero-order chi connectivity index (χ0) is 23.8. The number of nitrogens with zero attached hydrogens (tertiary/aromatic N) is 4. The second-order valence-corrected chi connectivity index (χ2v) is 8.20. The Labute approximate surface area is 192 Å². The summed E-state index contributed by atoms with van der Waals surface area (Å²) in [6.07, 6.45) is -0.293. The fourth-order valence-corrected chi connectivity index (χ4v) is 4.15. The maximum atomic E-state index is 12.3. The Morgan fingerprint density at radius 1 is 1.15 bits per heavy atom. The summed E-state index contributed by atoms with van der Waals surface area (Å²) in [6, 6.07) is 12.9. The van der Waals surface area contributed by atoms with Gasteiger partial charge >= 0.3 is 5.69 Å². The summed E-state index contributed by atoms with van der Waals surface area (Å²) in [4.78, 5) is 26.1. The van der Waals surface area contributed by atoms with Crippen molar-refractivity contribution in [3.63, 3.8) is 0 Å². The molecule has 2 aromatic carbocycles. The summed E-state index contributed by atoms with van der Waals surface area (Å²) in [7, 11) is 0. The summed E-state index contributed by atoms with van der Waals surface area (Å²) in [5.41, 5.74) is -0.442. The van der Waals surface area contributed by atoms with Gasteiger partial charge in [-0.15, -0.1) is 5.10 Å². The number of aromatic nitrogens is 5. The number of rotatable bonds is 6. The lowest BCUT2D eigenvalue weighted by molar-refractivity contribution is -0.0536. The van der Waals surface area contributed by atoms with Gasteiger partial charge in [-0.3, -0.25) is 14.3 Å². The molecule has 0 aliphatic carbocycles. The minimum Gasteiger partial charge on any atom is -0.487 e. The van der Waals surface area contributed by atoms with E-state index in [1.54, 1.807) is 6.20 Å². The third-order valence-electron chi connectivity index (χ3n) is 5.91. The van der Waals surface area contributed by atoms with Gasteiger partial charge in [0.15, 0.2) is 6.23 Å². The lowest BCUT2D eigenvalue weighted by Crippen LogP contribution is -2.37. The van der Waals surface area contributed by atoms with Crippen LogP contribution >= 0.6 is 0 Å². The van der Waals surface area contributed by atoms with Gasteiger partial charge in [0.05, 0.1) is 12.8 Å². The highest BCUT2D eigenvalue weighted by atomic mass is 16.5. The number of fused-ring (bicyclic) bond motifs is 1. The lowest BCUT2D eigenvalue weighted by Gasteiger charge is -2.19. The number of benzene rings is 2. The molecule has 4 aromatic rings. The molecule has 1 saturated heterocycles. The molecular weight excluding hydrogens is 442 g/mol. The van der Waals surface area contributed by atoms with Crippen LogP contribution in [0.5, 0.6) is 5.75 Å². The van der Waals surface area contributed by atoms with Gasteiger partial charge in [0, 0.05) is 11.8 Å². The topological polar surface area (TPSA) is 144 Å². The standard InChI is InChI=1S/C23H23N5O6/c1-13-9-27(23(32)24-21(13)31)22-20(30)19(18(11-29)34-22)28-10-16(25-26-28)12-33-17-7-6-14-4-2-3-5-15(14)8-17/h2-10,18-20,22,29-30H,11-12H2,1H3,(H,24,31,32)/t18-,19-,20-,22-/m1/s1. The first-order valence-corrected chi connectivity index (χ1v) is 10.7. The van der Waals surface area contributed by atoms with E-state index < -0.39 is 42.3 Å². The number of hydrogen-bond acceptors (Lipinski definition) is 8. The van der Waals surface area contributed by atoms with Crippen molar-refractivity contribution in [1.29, 1.82) is 0 Å². The molecule has 1 fully saturated rings. The molecule has 1 aliphatic heterocycles. The van der Waals surface area contributed by atoms with Gasteiger partial charge in [0.25, 0.3) is 5.56 Å². The summed E-state index contributed by atoms with van der Waals surface area (Å²) in [5, 5.41) is 31.1. The van der Waals surface area contributed by atoms with Crippen LogP contribution in [0.15, 0.2) is 64.4 Å². The van der Waals surface area contributed by atoms with Crippen LogP contribution in [-0.4, -0.2) is 53.6 Å². The molecule has 0 radical (unpaired) electrons. The minimum atomic E-state index is -1.24. The molecule has 34 heavy (non-hydrogen) atoms. The van der Waals surface area contributed by atoms with Crippen molar-refractivity contribution in [2.45, 2.75) is 38.0 Å². The number of hydrogen-bond donors (Lipinski definition) is 3. The van der Waals surface area contributed by atoms with Gasteiger partial charge in [-0.2, -0.15) is 0 Å². The fourth-order valence-electron chi connectivity index (χ4n) is 4.15. The van der Waals surface area contributed by atoms with Crippen LogP contribution < -0.4 is 16.0 Å². The summed E-state index contributed by atoms with van der Waals surface area (Å²) in [6.45, 7) is 1.27. The zero-order valence-corrected chi connectivity index (χ0v) is 18.2. The van der Waals surface area contributed by atoms with E-state index >= 15 is 0 Å². The van der Waals surface area contributed by atoms with E-state index in [4.69, 9.17) is 9.47 Å². The van der Waals surface area contributed by atoms with Gasteiger partial charge in [-0.05, 0) is 29.8 Å². The Bertz CT molecular complexity index is 1440. The molecule has 176 valence electrons. The van der Waals surface area contributed by atoms with Crippen LogP contribution in [0.25, 0.3) is 10.8 Å². The Balaban J connectivity index is 1.34. The fraction of sp³-hybridized carbons (Fsp3) is 0.304. The third-order valence-corrected chi connectivity index (χ3v) is 5.91. The van der Waals surface area contributed by atoms with E-state index in [1.165, 1.54) is 17.8 Å². The summed E-state index contributed by atoms with van der Waals surface area (Å²) < 4.78 is 14.1.